The van der Waals surface area contributed by atoms with Gasteiger partial charge in [0.15, 0.2) is 11.5 Å². The summed E-state index contributed by atoms with van der Waals surface area (Å²) in [5.74, 6) is -0.255. The van der Waals surface area contributed by atoms with Gasteiger partial charge >= 0.3 is 5.97 Å². The van der Waals surface area contributed by atoms with Gasteiger partial charge in [-0.1, -0.05) is 18.2 Å². The molecule has 0 aliphatic rings. The molecular weight excluding hydrogens is 332 g/mol. The Kier molecular flexibility index (Phi) is 5.19. The molecule has 0 fully saturated rings. The first-order valence-electron chi connectivity index (χ1n) is 7.81. The predicted octanol–water partition coefficient (Wildman–Crippen LogP) is 3.26. The molecule has 0 radical (unpaired) electrons. The van der Waals surface area contributed by atoms with Gasteiger partial charge in [-0.2, -0.15) is 0 Å². The second-order valence-corrected chi connectivity index (χ2v) is 5.32. The first-order chi connectivity index (χ1) is 12.7. The summed E-state index contributed by atoms with van der Waals surface area (Å²) >= 11 is 0. The van der Waals surface area contributed by atoms with Crippen LogP contribution in [0.1, 0.15) is 20.8 Å². The Balaban J connectivity index is 1.64. The predicted molar refractivity (Wildman–Crippen MR) is 97.5 cm³/mol. The number of para-hydroxylation sites is 1. The van der Waals surface area contributed by atoms with Crippen molar-refractivity contribution in [2.24, 2.45) is 0 Å². The highest BCUT2D eigenvalue weighted by atomic mass is 16.5. The summed E-state index contributed by atoms with van der Waals surface area (Å²) < 4.78 is 4.65. The zero-order chi connectivity index (χ0) is 18.4. The number of carbonyl (C=O) groups is 2. The van der Waals surface area contributed by atoms with Crippen LogP contribution in [0.3, 0.4) is 0 Å². The van der Waals surface area contributed by atoms with Crippen LogP contribution in [0.2, 0.25) is 0 Å². The monoisotopic (exact) mass is 348 g/mol. The maximum atomic E-state index is 12.1. The van der Waals surface area contributed by atoms with Gasteiger partial charge in [0.1, 0.15) is 0 Å². The van der Waals surface area contributed by atoms with Crippen LogP contribution in [0.4, 0.5) is 17.2 Å². The largest absolute Gasteiger partial charge is 0.465 e. The summed E-state index contributed by atoms with van der Waals surface area (Å²) in [5.41, 5.74) is 2.08. The second kappa shape index (κ2) is 7.89. The van der Waals surface area contributed by atoms with Crippen molar-refractivity contribution in [3.05, 3.63) is 78.0 Å². The Morgan fingerprint density at radius 3 is 2.19 bits per heavy atom. The summed E-state index contributed by atoms with van der Waals surface area (Å²) in [4.78, 5) is 23.5. The molecule has 2 N–H and O–H groups in total. The number of aromatic nitrogens is 2. The Morgan fingerprint density at radius 1 is 0.846 bits per heavy atom. The molecule has 0 aliphatic carbocycles. The van der Waals surface area contributed by atoms with E-state index in [1.54, 1.807) is 48.5 Å². The molecule has 1 aromatic heterocycles. The topological polar surface area (TPSA) is 93.2 Å². The molecule has 130 valence electrons. The molecule has 1 heterocycles. The van der Waals surface area contributed by atoms with Gasteiger partial charge in [0.2, 0.25) is 0 Å². The number of nitrogens with one attached hydrogen (secondary N) is 2. The average Bonchev–Trinajstić information content (AvgIpc) is 2.69. The Labute approximate surface area is 150 Å². The number of anilines is 3. The number of amides is 1. The van der Waals surface area contributed by atoms with E-state index in [0.29, 0.717) is 17.1 Å². The first-order valence-corrected chi connectivity index (χ1v) is 7.81. The van der Waals surface area contributed by atoms with E-state index in [4.69, 9.17) is 0 Å². The number of nitrogens with zero attached hydrogens (tertiary/aromatic N) is 2. The van der Waals surface area contributed by atoms with Crippen molar-refractivity contribution < 1.29 is 14.3 Å². The van der Waals surface area contributed by atoms with E-state index in [-0.39, 0.29) is 11.6 Å². The quantitative estimate of drug-likeness (QED) is 0.688. The van der Waals surface area contributed by atoms with E-state index in [2.05, 4.69) is 25.6 Å². The molecule has 3 aromatic rings. The minimum atomic E-state index is -0.398. The Morgan fingerprint density at radius 2 is 1.58 bits per heavy atom. The van der Waals surface area contributed by atoms with Gasteiger partial charge in [-0.05, 0) is 48.5 Å². The number of benzene rings is 2. The number of carbonyl (C=O) groups excluding carboxylic acids is 2. The zero-order valence-corrected chi connectivity index (χ0v) is 14.0. The van der Waals surface area contributed by atoms with Crippen LogP contribution >= 0.6 is 0 Å². The molecular formula is C19H16N4O3. The fourth-order valence-corrected chi connectivity index (χ4v) is 2.19. The van der Waals surface area contributed by atoms with Crippen molar-refractivity contribution >= 4 is 29.1 Å². The zero-order valence-electron chi connectivity index (χ0n) is 14.0. The van der Waals surface area contributed by atoms with Crippen LogP contribution in [0, 0.1) is 0 Å². The molecule has 3 rings (SSSR count). The van der Waals surface area contributed by atoms with Crippen molar-refractivity contribution in [1.29, 1.82) is 0 Å². The van der Waals surface area contributed by atoms with Gasteiger partial charge in [0.25, 0.3) is 5.91 Å². The van der Waals surface area contributed by atoms with Gasteiger partial charge in [-0.3, -0.25) is 4.79 Å². The third-order valence-corrected chi connectivity index (χ3v) is 3.51. The van der Waals surface area contributed by atoms with Crippen molar-refractivity contribution in [3.8, 4) is 0 Å². The van der Waals surface area contributed by atoms with Crippen LogP contribution in [-0.2, 0) is 4.74 Å². The van der Waals surface area contributed by atoms with Crippen LogP contribution < -0.4 is 10.6 Å². The van der Waals surface area contributed by atoms with Crippen LogP contribution in [-0.4, -0.2) is 29.2 Å². The number of esters is 1. The van der Waals surface area contributed by atoms with E-state index >= 15 is 0 Å². The van der Waals surface area contributed by atoms with Crippen molar-refractivity contribution in [3.63, 3.8) is 0 Å². The maximum absolute atomic E-state index is 12.1. The lowest BCUT2D eigenvalue weighted by molar-refractivity contribution is 0.0600. The summed E-state index contributed by atoms with van der Waals surface area (Å²) in [6.07, 6.45) is 0. The van der Waals surface area contributed by atoms with Gasteiger partial charge in [0, 0.05) is 11.4 Å². The van der Waals surface area contributed by atoms with Crippen LogP contribution in [0.25, 0.3) is 0 Å². The second-order valence-electron chi connectivity index (χ2n) is 5.32. The fraction of sp³-hybridized carbons (Fsp3) is 0.0526. The Bertz CT molecular complexity index is 894. The number of methoxy groups -OCH3 is 1. The van der Waals surface area contributed by atoms with Crippen molar-refractivity contribution in [2.45, 2.75) is 0 Å². The average molecular weight is 348 g/mol. The lowest BCUT2D eigenvalue weighted by Crippen LogP contribution is -2.14. The highest BCUT2D eigenvalue weighted by molar-refractivity contribution is 6.02. The van der Waals surface area contributed by atoms with E-state index in [1.165, 1.54) is 7.11 Å². The molecule has 0 spiro atoms. The molecule has 0 bridgehead atoms. The molecule has 7 nitrogen and oxygen atoms in total. The Hall–Kier alpha value is -3.74. The van der Waals surface area contributed by atoms with Gasteiger partial charge in [-0.15, -0.1) is 10.2 Å². The maximum Gasteiger partial charge on any atom is 0.337 e. The lowest BCUT2D eigenvalue weighted by atomic mass is 10.2. The molecule has 26 heavy (non-hydrogen) atoms. The molecule has 1 amide bonds. The highest BCUT2D eigenvalue weighted by Gasteiger charge is 2.09. The minimum absolute atomic E-state index is 0.209. The highest BCUT2D eigenvalue weighted by Crippen LogP contribution is 2.16. The van der Waals surface area contributed by atoms with Crippen molar-refractivity contribution in [2.75, 3.05) is 17.7 Å². The first kappa shape index (κ1) is 17.1. The number of rotatable bonds is 5. The van der Waals surface area contributed by atoms with E-state index in [0.717, 1.165) is 5.69 Å². The van der Waals surface area contributed by atoms with Crippen LogP contribution in [0.5, 0.6) is 0 Å². The van der Waals surface area contributed by atoms with Gasteiger partial charge in [-0.25, -0.2) is 4.79 Å². The third kappa shape index (κ3) is 4.21. The van der Waals surface area contributed by atoms with Gasteiger partial charge < -0.3 is 15.4 Å². The number of hydrogen-bond acceptors (Lipinski definition) is 6. The molecule has 0 atom stereocenters. The molecule has 0 saturated heterocycles. The summed E-state index contributed by atoms with van der Waals surface area (Å²) in [6.45, 7) is 0. The number of ether oxygens (including phenoxy) is 1. The number of hydrogen-bond donors (Lipinski definition) is 2. The van der Waals surface area contributed by atoms with E-state index in [1.807, 2.05) is 18.2 Å². The summed E-state index contributed by atoms with van der Waals surface area (Å²) in [5, 5.41) is 13.7. The minimum Gasteiger partial charge on any atom is -0.465 e. The van der Waals surface area contributed by atoms with Crippen molar-refractivity contribution in [1.82, 2.24) is 10.2 Å². The van der Waals surface area contributed by atoms with Crippen LogP contribution in [0.15, 0.2) is 66.7 Å². The molecule has 2 aromatic carbocycles. The SMILES string of the molecule is COC(=O)c1ccc(Nc2ccc(C(=O)Nc3ccccc3)nn2)cc1. The standard InChI is InChI=1S/C19H16N4O3/c1-26-19(25)13-7-9-15(10-8-13)20-17-12-11-16(22-23-17)18(24)21-14-5-3-2-4-6-14/h2-12H,1H3,(H,20,23)(H,21,24). The van der Waals surface area contributed by atoms with Gasteiger partial charge in [0.05, 0.1) is 12.7 Å². The fourth-order valence-electron chi connectivity index (χ4n) is 2.19. The molecule has 7 heteroatoms. The molecule has 0 aliphatic heterocycles. The summed E-state index contributed by atoms with van der Waals surface area (Å²) in [6, 6.07) is 19.1. The molecule has 0 saturated carbocycles. The normalized spacial score (nSPS) is 10.0. The lowest BCUT2D eigenvalue weighted by Gasteiger charge is -2.07. The van der Waals surface area contributed by atoms with E-state index < -0.39 is 5.97 Å². The smallest absolute Gasteiger partial charge is 0.337 e. The van der Waals surface area contributed by atoms with E-state index in [9.17, 15) is 9.59 Å². The summed E-state index contributed by atoms with van der Waals surface area (Å²) in [7, 11) is 1.33. The third-order valence-electron chi connectivity index (χ3n) is 3.51. The molecule has 0 unspecified atom stereocenters.